The number of nitrogens with one attached hydrogen (secondary N) is 1. The zero-order valence-electron chi connectivity index (χ0n) is 9.70. The van der Waals surface area contributed by atoms with Crippen molar-refractivity contribution < 1.29 is 4.74 Å². The van der Waals surface area contributed by atoms with Gasteiger partial charge in [0.1, 0.15) is 0 Å². The van der Waals surface area contributed by atoms with Crippen LogP contribution in [0, 0.1) is 0 Å². The fourth-order valence-electron chi connectivity index (χ4n) is 1.28. The summed E-state index contributed by atoms with van der Waals surface area (Å²) in [4.78, 5) is 0. The summed E-state index contributed by atoms with van der Waals surface area (Å²) in [5.41, 5.74) is 1.32. The molecule has 2 heteroatoms. The summed E-state index contributed by atoms with van der Waals surface area (Å²) in [5.74, 6) is 0. The molecule has 1 aromatic carbocycles. The summed E-state index contributed by atoms with van der Waals surface area (Å²) in [5, 5.41) is 3.36. The lowest BCUT2D eigenvalue weighted by Gasteiger charge is -2.10. The van der Waals surface area contributed by atoms with Crippen LogP contribution in [0.1, 0.15) is 25.8 Å². The molecule has 1 N–H and O–H groups in total. The maximum Gasteiger partial charge on any atom is 0.0594 e. The Labute approximate surface area is 92.6 Å². The average molecular weight is 207 g/mol. The first-order valence-corrected chi connectivity index (χ1v) is 5.69. The molecule has 1 rings (SSSR count). The second-order valence-corrected chi connectivity index (χ2v) is 3.75. The molecule has 84 valence electrons. The number of hydrogen-bond acceptors (Lipinski definition) is 2. The third kappa shape index (κ3) is 5.55. The van der Waals surface area contributed by atoms with E-state index in [0.717, 1.165) is 26.1 Å². The number of ether oxygens (including phenoxy) is 1. The molecule has 2 nitrogen and oxygen atoms in total. The molecule has 0 aliphatic rings. The molecule has 0 heterocycles. The van der Waals surface area contributed by atoms with Gasteiger partial charge < -0.3 is 10.1 Å². The third-order valence-electron chi connectivity index (χ3n) is 2.43. The van der Waals surface area contributed by atoms with Crippen LogP contribution >= 0.6 is 0 Å². The largest absolute Gasteiger partial charge is 0.377 e. The Morgan fingerprint density at radius 1 is 1.27 bits per heavy atom. The summed E-state index contributed by atoms with van der Waals surface area (Å²) in [6.45, 7) is 6.88. The Balaban J connectivity index is 2.03. The molecule has 0 saturated heterocycles. The van der Waals surface area contributed by atoms with Crippen LogP contribution in [0.25, 0.3) is 0 Å². The maximum atomic E-state index is 5.57. The highest BCUT2D eigenvalue weighted by Gasteiger charge is 1.96. The maximum absolute atomic E-state index is 5.57. The number of benzene rings is 1. The Bertz CT molecular complexity index is 248. The van der Waals surface area contributed by atoms with Gasteiger partial charge in [0.15, 0.2) is 0 Å². The van der Waals surface area contributed by atoms with Crippen molar-refractivity contribution in [3.05, 3.63) is 35.9 Å². The number of hydrogen-bond donors (Lipinski definition) is 1. The van der Waals surface area contributed by atoms with E-state index in [1.165, 1.54) is 5.56 Å². The zero-order chi connectivity index (χ0) is 10.9. The molecule has 1 unspecified atom stereocenters. The molecule has 0 aliphatic heterocycles. The smallest absolute Gasteiger partial charge is 0.0594 e. The molecule has 0 fully saturated rings. The first-order valence-electron chi connectivity index (χ1n) is 5.69. The molecule has 1 atom stereocenters. The van der Waals surface area contributed by atoms with E-state index in [2.05, 4.69) is 43.4 Å². The van der Waals surface area contributed by atoms with E-state index >= 15 is 0 Å². The van der Waals surface area contributed by atoms with Crippen LogP contribution in [-0.2, 0) is 11.3 Å². The Morgan fingerprint density at radius 2 is 2.00 bits per heavy atom. The van der Waals surface area contributed by atoms with E-state index in [9.17, 15) is 0 Å². The molecule has 0 bridgehead atoms. The first-order chi connectivity index (χ1) is 7.33. The zero-order valence-corrected chi connectivity index (χ0v) is 9.70. The van der Waals surface area contributed by atoms with Crippen LogP contribution in [0.5, 0.6) is 0 Å². The van der Waals surface area contributed by atoms with E-state index in [1.54, 1.807) is 0 Å². The van der Waals surface area contributed by atoms with Gasteiger partial charge in [-0.1, -0.05) is 37.3 Å². The van der Waals surface area contributed by atoms with Gasteiger partial charge in [-0.2, -0.15) is 0 Å². The van der Waals surface area contributed by atoms with E-state index in [-0.39, 0.29) is 0 Å². The molecule has 0 aliphatic carbocycles. The third-order valence-corrected chi connectivity index (χ3v) is 2.43. The van der Waals surface area contributed by atoms with Crippen LogP contribution in [0.2, 0.25) is 0 Å². The fraction of sp³-hybridized carbons (Fsp3) is 0.538. The van der Waals surface area contributed by atoms with Crippen molar-refractivity contribution in [2.24, 2.45) is 0 Å². The van der Waals surface area contributed by atoms with Gasteiger partial charge in [0.2, 0.25) is 0 Å². The predicted octanol–water partition coefficient (Wildman–Crippen LogP) is 2.59. The van der Waals surface area contributed by atoms with E-state index < -0.39 is 0 Å². The SMILES string of the molecule is CCC(C)OCCNCc1ccccc1. The minimum Gasteiger partial charge on any atom is -0.377 e. The van der Waals surface area contributed by atoms with Crippen molar-refractivity contribution in [3.63, 3.8) is 0 Å². The molecule has 0 radical (unpaired) electrons. The monoisotopic (exact) mass is 207 g/mol. The lowest BCUT2D eigenvalue weighted by atomic mass is 10.2. The van der Waals surface area contributed by atoms with Gasteiger partial charge in [0.05, 0.1) is 12.7 Å². The molecular formula is C13H21NO. The quantitative estimate of drug-likeness (QED) is 0.694. The van der Waals surface area contributed by atoms with Gasteiger partial charge in [0, 0.05) is 13.1 Å². The van der Waals surface area contributed by atoms with Gasteiger partial charge in [0.25, 0.3) is 0 Å². The van der Waals surface area contributed by atoms with Crippen molar-refractivity contribution >= 4 is 0 Å². The van der Waals surface area contributed by atoms with E-state index in [4.69, 9.17) is 4.74 Å². The standard InChI is InChI=1S/C13H21NO/c1-3-12(2)15-10-9-14-11-13-7-5-4-6-8-13/h4-8,12,14H,3,9-11H2,1-2H3. The molecule has 15 heavy (non-hydrogen) atoms. The van der Waals surface area contributed by atoms with Crippen LogP contribution < -0.4 is 5.32 Å². The van der Waals surface area contributed by atoms with E-state index in [0.29, 0.717) is 6.10 Å². The molecule has 0 aromatic heterocycles. The minimum atomic E-state index is 0.378. The van der Waals surface area contributed by atoms with Crippen molar-refractivity contribution in [3.8, 4) is 0 Å². The minimum absolute atomic E-state index is 0.378. The van der Waals surface area contributed by atoms with Crippen molar-refractivity contribution in [2.45, 2.75) is 32.9 Å². The lowest BCUT2D eigenvalue weighted by Crippen LogP contribution is -2.21. The Morgan fingerprint density at radius 3 is 2.67 bits per heavy atom. The van der Waals surface area contributed by atoms with Gasteiger partial charge >= 0.3 is 0 Å². The molecule has 0 amide bonds. The predicted molar refractivity (Wildman–Crippen MR) is 63.9 cm³/mol. The Hall–Kier alpha value is -0.860. The highest BCUT2D eigenvalue weighted by molar-refractivity contribution is 5.14. The second kappa shape index (κ2) is 7.43. The summed E-state index contributed by atoms with van der Waals surface area (Å²) in [7, 11) is 0. The molecular weight excluding hydrogens is 186 g/mol. The normalized spacial score (nSPS) is 12.7. The lowest BCUT2D eigenvalue weighted by molar-refractivity contribution is 0.0655. The van der Waals surface area contributed by atoms with Crippen molar-refractivity contribution in [1.82, 2.24) is 5.32 Å². The summed E-state index contributed by atoms with van der Waals surface area (Å²) < 4.78 is 5.57. The average Bonchev–Trinajstić information content (AvgIpc) is 2.29. The highest BCUT2D eigenvalue weighted by Crippen LogP contribution is 1.97. The number of rotatable bonds is 7. The molecule has 0 saturated carbocycles. The van der Waals surface area contributed by atoms with Gasteiger partial charge in [-0.3, -0.25) is 0 Å². The Kier molecular flexibility index (Phi) is 6.05. The van der Waals surface area contributed by atoms with E-state index in [1.807, 2.05) is 6.07 Å². The fourth-order valence-corrected chi connectivity index (χ4v) is 1.28. The van der Waals surface area contributed by atoms with Crippen LogP contribution in [0.4, 0.5) is 0 Å². The summed E-state index contributed by atoms with van der Waals surface area (Å²) in [6, 6.07) is 10.4. The highest BCUT2D eigenvalue weighted by atomic mass is 16.5. The van der Waals surface area contributed by atoms with Crippen LogP contribution in [0.15, 0.2) is 30.3 Å². The second-order valence-electron chi connectivity index (χ2n) is 3.75. The van der Waals surface area contributed by atoms with Gasteiger partial charge in [-0.15, -0.1) is 0 Å². The summed E-state index contributed by atoms with van der Waals surface area (Å²) >= 11 is 0. The van der Waals surface area contributed by atoms with Crippen LogP contribution in [-0.4, -0.2) is 19.3 Å². The summed E-state index contributed by atoms with van der Waals surface area (Å²) in [6.07, 6.45) is 1.46. The van der Waals surface area contributed by atoms with Crippen LogP contribution in [0.3, 0.4) is 0 Å². The topological polar surface area (TPSA) is 21.3 Å². The molecule has 0 spiro atoms. The van der Waals surface area contributed by atoms with Gasteiger partial charge in [-0.25, -0.2) is 0 Å². The first kappa shape index (κ1) is 12.2. The molecule has 1 aromatic rings. The van der Waals surface area contributed by atoms with Crippen molar-refractivity contribution in [1.29, 1.82) is 0 Å². The van der Waals surface area contributed by atoms with Crippen molar-refractivity contribution in [2.75, 3.05) is 13.2 Å². The van der Waals surface area contributed by atoms with Gasteiger partial charge in [-0.05, 0) is 18.9 Å².